The van der Waals surface area contributed by atoms with Crippen LogP contribution in [0.4, 0.5) is 0 Å². The topological polar surface area (TPSA) is 61.9 Å². The van der Waals surface area contributed by atoms with Crippen molar-refractivity contribution >= 4 is 0 Å². The van der Waals surface area contributed by atoms with Crippen LogP contribution in [0.5, 0.6) is 0 Å². The molecule has 70 valence electrons. The molecule has 0 bridgehead atoms. The average molecular weight is 179 g/mol. The first-order valence-corrected chi connectivity index (χ1v) is 4.31. The first-order valence-electron chi connectivity index (χ1n) is 4.31. The zero-order chi connectivity index (χ0) is 9.68. The number of nitrogens with one attached hydrogen (secondary N) is 1. The number of hydrogen-bond donors (Lipinski definition) is 1. The van der Waals surface area contributed by atoms with Crippen molar-refractivity contribution in [3.8, 4) is 6.07 Å². The number of nitriles is 1. The molecule has 0 amide bonds. The Bertz CT molecular complexity index is 300. The third-order valence-electron chi connectivity index (χ3n) is 1.77. The fourth-order valence-electron chi connectivity index (χ4n) is 1.01. The lowest BCUT2D eigenvalue weighted by atomic mass is 10.2. The fourth-order valence-corrected chi connectivity index (χ4v) is 1.01. The molecule has 1 heterocycles. The van der Waals surface area contributed by atoms with E-state index in [1.807, 2.05) is 19.9 Å². The van der Waals surface area contributed by atoms with E-state index in [-0.39, 0.29) is 6.04 Å². The van der Waals surface area contributed by atoms with E-state index in [0.717, 1.165) is 17.9 Å². The van der Waals surface area contributed by atoms with Gasteiger partial charge in [0.1, 0.15) is 5.76 Å². The normalized spacial score (nSPS) is 12.4. The van der Waals surface area contributed by atoms with Gasteiger partial charge in [0.25, 0.3) is 0 Å². The van der Waals surface area contributed by atoms with Gasteiger partial charge >= 0.3 is 0 Å². The van der Waals surface area contributed by atoms with E-state index in [1.54, 1.807) is 0 Å². The molecule has 0 aliphatic heterocycles. The molecule has 0 spiro atoms. The van der Waals surface area contributed by atoms with Crippen molar-refractivity contribution in [3.05, 3.63) is 17.5 Å². The van der Waals surface area contributed by atoms with Gasteiger partial charge < -0.3 is 4.52 Å². The summed E-state index contributed by atoms with van der Waals surface area (Å²) in [5.41, 5.74) is 0.839. The Balaban J connectivity index is 2.39. The molecule has 0 aliphatic carbocycles. The predicted molar refractivity (Wildman–Crippen MR) is 47.8 cm³/mol. The summed E-state index contributed by atoms with van der Waals surface area (Å²) in [6, 6.07) is 3.92. The Morgan fingerprint density at radius 1 is 1.77 bits per heavy atom. The summed E-state index contributed by atoms with van der Waals surface area (Å²) in [6.45, 7) is 4.40. The number of hydrogen-bond acceptors (Lipinski definition) is 4. The van der Waals surface area contributed by atoms with E-state index in [0.29, 0.717) is 6.54 Å². The summed E-state index contributed by atoms with van der Waals surface area (Å²) in [5, 5.41) is 15.5. The third kappa shape index (κ3) is 2.88. The summed E-state index contributed by atoms with van der Waals surface area (Å²) >= 11 is 0. The van der Waals surface area contributed by atoms with Crippen LogP contribution < -0.4 is 5.32 Å². The van der Waals surface area contributed by atoms with E-state index in [4.69, 9.17) is 9.78 Å². The highest BCUT2D eigenvalue weighted by Crippen LogP contribution is 2.01. The molecule has 1 aromatic heterocycles. The minimum absolute atomic E-state index is 0.1000. The highest BCUT2D eigenvalue weighted by molar-refractivity contribution is 5.04. The molecule has 0 radical (unpaired) electrons. The second-order valence-corrected chi connectivity index (χ2v) is 2.90. The minimum Gasteiger partial charge on any atom is -0.361 e. The average Bonchev–Trinajstić information content (AvgIpc) is 2.53. The van der Waals surface area contributed by atoms with Crippen LogP contribution in [0.25, 0.3) is 0 Å². The molecule has 0 aliphatic rings. The zero-order valence-corrected chi connectivity index (χ0v) is 7.87. The van der Waals surface area contributed by atoms with E-state index in [9.17, 15) is 0 Å². The van der Waals surface area contributed by atoms with Gasteiger partial charge in [-0.15, -0.1) is 0 Å². The van der Waals surface area contributed by atoms with Crippen molar-refractivity contribution in [1.82, 2.24) is 10.5 Å². The molecule has 1 unspecified atom stereocenters. The molecule has 0 saturated heterocycles. The SMILES string of the molecule is CCC(C#N)NCc1cc(C)on1. The van der Waals surface area contributed by atoms with Crippen LogP contribution in [0.15, 0.2) is 10.6 Å². The van der Waals surface area contributed by atoms with Crippen molar-refractivity contribution in [3.63, 3.8) is 0 Å². The first kappa shape index (κ1) is 9.75. The lowest BCUT2D eigenvalue weighted by Crippen LogP contribution is -2.26. The molecule has 0 fully saturated rings. The van der Waals surface area contributed by atoms with Crippen molar-refractivity contribution in [1.29, 1.82) is 5.26 Å². The van der Waals surface area contributed by atoms with Crippen LogP contribution in [0.2, 0.25) is 0 Å². The molecular weight excluding hydrogens is 166 g/mol. The Kier molecular flexibility index (Phi) is 3.47. The largest absolute Gasteiger partial charge is 0.361 e. The Morgan fingerprint density at radius 2 is 2.54 bits per heavy atom. The van der Waals surface area contributed by atoms with Gasteiger partial charge in [-0.1, -0.05) is 12.1 Å². The molecule has 1 rings (SSSR count). The maximum atomic E-state index is 8.65. The molecular formula is C9H13N3O. The maximum Gasteiger partial charge on any atom is 0.133 e. The Labute approximate surface area is 77.5 Å². The van der Waals surface area contributed by atoms with Gasteiger partial charge in [-0.05, 0) is 13.3 Å². The van der Waals surface area contributed by atoms with Crippen LogP contribution in [0.1, 0.15) is 24.8 Å². The van der Waals surface area contributed by atoms with Gasteiger partial charge in [-0.2, -0.15) is 5.26 Å². The van der Waals surface area contributed by atoms with Gasteiger partial charge in [0.05, 0.1) is 17.8 Å². The lowest BCUT2D eigenvalue weighted by molar-refractivity contribution is 0.387. The molecule has 1 N–H and O–H groups in total. The van der Waals surface area contributed by atoms with Crippen molar-refractivity contribution in [2.24, 2.45) is 0 Å². The smallest absolute Gasteiger partial charge is 0.133 e. The van der Waals surface area contributed by atoms with Crippen LogP contribution in [0.3, 0.4) is 0 Å². The van der Waals surface area contributed by atoms with E-state index < -0.39 is 0 Å². The van der Waals surface area contributed by atoms with Crippen molar-refractivity contribution in [2.45, 2.75) is 32.9 Å². The van der Waals surface area contributed by atoms with E-state index in [1.165, 1.54) is 0 Å². The summed E-state index contributed by atoms with van der Waals surface area (Å²) in [4.78, 5) is 0. The van der Waals surface area contributed by atoms with Gasteiger partial charge in [0.2, 0.25) is 0 Å². The Morgan fingerprint density at radius 3 is 3.00 bits per heavy atom. The number of nitrogens with zero attached hydrogens (tertiary/aromatic N) is 2. The van der Waals surface area contributed by atoms with Crippen LogP contribution in [0, 0.1) is 18.3 Å². The molecule has 1 aromatic rings. The van der Waals surface area contributed by atoms with Gasteiger partial charge in [-0.3, -0.25) is 5.32 Å². The van der Waals surface area contributed by atoms with Crippen LogP contribution >= 0.6 is 0 Å². The standard InChI is InChI=1S/C9H13N3O/c1-3-8(5-10)11-6-9-4-7(2)13-12-9/h4,8,11H,3,6H2,1-2H3. The van der Waals surface area contributed by atoms with Crippen LogP contribution in [-0.2, 0) is 6.54 Å². The highest BCUT2D eigenvalue weighted by Gasteiger charge is 2.05. The van der Waals surface area contributed by atoms with Crippen molar-refractivity contribution < 1.29 is 4.52 Å². The van der Waals surface area contributed by atoms with E-state index in [2.05, 4.69) is 16.5 Å². The second-order valence-electron chi connectivity index (χ2n) is 2.90. The molecule has 4 heteroatoms. The first-order chi connectivity index (χ1) is 6.26. The third-order valence-corrected chi connectivity index (χ3v) is 1.77. The number of rotatable bonds is 4. The summed E-state index contributed by atoms with van der Waals surface area (Å²) in [7, 11) is 0. The second kappa shape index (κ2) is 4.63. The zero-order valence-electron chi connectivity index (χ0n) is 7.87. The molecule has 1 atom stereocenters. The van der Waals surface area contributed by atoms with Crippen molar-refractivity contribution in [2.75, 3.05) is 0 Å². The lowest BCUT2D eigenvalue weighted by Gasteiger charge is -2.05. The summed E-state index contributed by atoms with van der Waals surface area (Å²) in [6.07, 6.45) is 0.799. The monoisotopic (exact) mass is 179 g/mol. The fraction of sp³-hybridized carbons (Fsp3) is 0.556. The molecule has 0 aromatic carbocycles. The summed E-state index contributed by atoms with van der Waals surface area (Å²) in [5.74, 6) is 0.793. The number of aryl methyl sites for hydroxylation is 1. The Hall–Kier alpha value is -1.34. The minimum atomic E-state index is -0.1000. The number of aromatic nitrogens is 1. The van der Waals surface area contributed by atoms with Gasteiger partial charge in [0.15, 0.2) is 0 Å². The van der Waals surface area contributed by atoms with E-state index >= 15 is 0 Å². The summed E-state index contributed by atoms with van der Waals surface area (Å²) < 4.78 is 4.89. The quantitative estimate of drug-likeness (QED) is 0.758. The van der Waals surface area contributed by atoms with Gasteiger partial charge in [0, 0.05) is 12.6 Å². The molecule has 13 heavy (non-hydrogen) atoms. The highest BCUT2D eigenvalue weighted by atomic mass is 16.5. The maximum absolute atomic E-state index is 8.65. The predicted octanol–water partition coefficient (Wildman–Crippen LogP) is 1.37. The molecule has 4 nitrogen and oxygen atoms in total. The van der Waals surface area contributed by atoms with Crippen LogP contribution in [-0.4, -0.2) is 11.2 Å². The molecule has 0 saturated carbocycles. The van der Waals surface area contributed by atoms with Gasteiger partial charge in [-0.25, -0.2) is 0 Å².